The van der Waals surface area contributed by atoms with Gasteiger partial charge in [-0.15, -0.1) is 0 Å². The highest BCUT2D eigenvalue weighted by molar-refractivity contribution is 5.78. The number of carbonyl (C=O) groups excluding carboxylic acids is 1. The Hall–Kier alpha value is -1.46. The number of amides is 1. The maximum absolute atomic E-state index is 11.7. The molecule has 0 aromatic carbocycles. The Labute approximate surface area is 126 Å². The number of ether oxygens (including phenoxy) is 1. The van der Waals surface area contributed by atoms with E-state index in [9.17, 15) is 4.79 Å². The number of hydrogen-bond acceptors (Lipinski definition) is 4. The number of nitrogens with two attached hydrogens (primary N) is 1. The molecule has 1 heterocycles. The highest BCUT2D eigenvalue weighted by Gasteiger charge is 2.18. The van der Waals surface area contributed by atoms with Crippen molar-refractivity contribution in [1.82, 2.24) is 10.3 Å². The summed E-state index contributed by atoms with van der Waals surface area (Å²) in [6, 6.07) is 4.10. The van der Waals surface area contributed by atoms with E-state index >= 15 is 0 Å². The minimum atomic E-state index is 0.0339. The van der Waals surface area contributed by atoms with Crippen LogP contribution in [0, 0.1) is 0 Å². The molecule has 1 amide bonds. The molecular weight excluding hydrogens is 266 g/mol. The van der Waals surface area contributed by atoms with Crippen molar-refractivity contribution in [3.8, 4) is 0 Å². The van der Waals surface area contributed by atoms with E-state index in [0.717, 1.165) is 37.7 Å². The summed E-state index contributed by atoms with van der Waals surface area (Å²) in [7, 11) is 0. The minimum absolute atomic E-state index is 0.0339. The van der Waals surface area contributed by atoms with Crippen molar-refractivity contribution in [3.63, 3.8) is 0 Å². The molecule has 116 valence electrons. The second kappa shape index (κ2) is 8.74. The Morgan fingerprint density at radius 1 is 1.38 bits per heavy atom. The largest absolute Gasteiger partial charge is 0.378 e. The first-order valence-electron chi connectivity index (χ1n) is 7.77. The predicted octanol–water partition coefficient (Wildman–Crippen LogP) is 1.42. The van der Waals surface area contributed by atoms with Gasteiger partial charge < -0.3 is 15.8 Å². The van der Waals surface area contributed by atoms with Crippen LogP contribution >= 0.6 is 0 Å². The third-order valence-electron chi connectivity index (χ3n) is 3.80. The molecule has 5 heteroatoms. The maximum Gasteiger partial charge on any atom is 0.224 e. The zero-order valence-electron chi connectivity index (χ0n) is 12.5. The molecule has 0 spiro atoms. The monoisotopic (exact) mass is 291 g/mol. The van der Waals surface area contributed by atoms with Gasteiger partial charge in [0.2, 0.25) is 5.91 Å². The number of nitrogens with one attached hydrogen (secondary N) is 1. The molecule has 0 unspecified atom stereocenters. The van der Waals surface area contributed by atoms with Crippen LogP contribution in [-0.2, 0) is 16.0 Å². The Kier molecular flexibility index (Phi) is 6.63. The van der Waals surface area contributed by atoms with Gasteiger partial charge in [0.1, 0.15) is 0 Å². The van der Waals surface area contributed by atoms with Crippen molar-refractivity contribution >= 4 is 5.91 Å². The Morgan fingerprint density at radius 2 is 2.19 bits per heavy atom. The molecule has 0 radical (unpaired) electrons. The van der Waals surface area contributed by atoms with Crippen LogP contribution in [0.4, 0.5) is 0 Å². The molecule has 3 N–H and O–H groups in total. The molecule has 2 rings (SSSR count). The number of carbonyl (C=O) groups is 1. The van der Waals surface area contributed by atoms with Crippen LogP contribution < -0.4 is 11.1 Å². The van der Waals surface area contributed by atoms with Crippen molar-refractivity contribution in [3.05, 3.63) is 30.1 Å². The Bertz CT molecular complexity index is 417. The fourth-order valence-corrected chi connectivity index (χ4v) is 2.56. The van der Waals surface area contributed by atoms with Gasteiger partial charge >= 0.3 is 0 Å². The Morgan fingerprint density at radius 3 is 2.90 bits per heavy atom. The molecule has 1 aliphatic carbocycles. The average molecular weight is 291 g/mol. The lowest BCUT2D eigenvalue weighted by Crippen LogP contribution is -2.31. The van der Waals surface area contributed by atoms with Crippen LogP contribution in [0.15, 0.2) is 24.5 Å². The van der Waals surface area contributed by atoms with E-state index in [0.29, 0.717) is 31.7 Å². The average Bonchev–Trinajstić information content (AvgIpc) is 2.50. The lowest BCUT2D eigenvalue weighted by molar-refractivity contribution is -0.120. The van der Waals surface area contributed by atoms with Gasteiger partial charge in [0, 0.05) is 31.6 Å². The second-order valence-electron chi connectivity index (χ2n) is 5.65. The van der Waals surface area contributed by atoms with E-state index in [1.165, 1.54) is 0 Å². The lowest BCUT2D eigenvalue weighted by atomic mass is 9.94. The molecule has 0 bridgehead atoms. The van der Waals surface area contributed by atoms with Crippen molar-refractivity contribution in [2.24, 2.45) is 5.73 Å². The summed E-state index contributed by atoms with van der Waals surface area (Å²) in [5, 5.41) is 2.91. The van der Waals surface area contributed by atoms with E-state index in [2.05, 4.69) is 10.3 Å². The van der Waals surface area contributed by atoms with Gasteiger partial charge in [0.25, 0.3) is 0 Å². The van der Waals surface area contributed by atoms with Crippen molar-refractivity contribution in [2.75, 3.05) is 13.2 Å². The quantitative estimate of drug-likeness (QED) is 0.745. The minimum Gasteiger partial charge on any atom is -0.378 e. The van der Waals surface area contributed by atoms with Crippen LogP contribution in [0.1, 0.15) is 37.7 Å². The number of aromatic nitrogens is 1. The van der Waals surface area contributed by atoms with E-state index in [1.807, 2.05) is 12.1 Å². The summed E-state index contributed by atoms with van der Waals surface area (Å²) in [5.74, 6) is 0.0339. The fraction of sp³-hybridized carbons (Fsp3) is 0.625. The fourth-order valence-electron chi connectivity index (χ4n) is 2.56. The standard InChI is InChI=1S/C16H25N3O2/c17-14-4-6-15(7-5-14)21-10-2-9-19-16(20)11-13-3-1-8-18-12-13/h1,3,8,12,14-15H,2,4-7,9-11,17H2,(H,19,20). The van der Waals surface area contributed by atoms with Gasteiger partial charge in [-0.1, -0.05) is 6.07 Å². The lowest BCUT2D eigenvalue weighted by Gasteiger charge is -2.26. The number of rotatable bonds is 7. The third-order valence-corrected chi connectivity index (χ3v) is 3.80. The molecule has 5 nitrogen and oxygen atoms in total. The molecule has 0 aliphatic heterocycles. The SMILES string of the molecule is NC1CCC(OCCCNC(=O)Cc2cccnc2)CC1. The van der Waals surface area contributed by atoms with Crippen molar-refractivity contribution in [2.45, 2.75) is 50.7 Å². The molecule has 0 atom stereocenters. The molecule has 0 saturated heterocycles. The highest BCUT2D eigenvalue weighted by atomic mass is 16.5. The highest BCUT2D eigenvalue weighted by Crippen LogP contribution is 2.19. The summed E-state index contributed by atoms with van der Waals surface area (Å²) in [4.78, 5) is 15.7. The van der Waals surface area contributed by atoms with E-state index in [-0.39, 0.29) is 5.91 Å². The van der Waals surface area contributed by atoms with Crippen molar-refractivity contribution < 1.29 is 9.53 Å². The summed E-state index contributed by atoms with van der Waals surface area (Å²) in [6.07, 6.45) is 9.27. The summed E-state index contributed by atoms with van der Waals surface area (Å²) in [6.45, 7) is 1.36. The molecule has 1 saturated carbocycles. The van der Waals surface area contributed by atoms with Crippen LogP contribution in [0.3, 0.4) is 0 Å². The molecular formula is C16H25N3O2. The molecule has 1 aromatic heterocycles. The first-order valence-corrected chi connectivity index (χ1v) is 7.77. The zero-order chi connectivity index (χ0) is 14.9. The first kappa shape index (κ1) is 15.9. The summed E-state index contributed by atoms with van der Waals surface area (Å²) in [5.41, 5.74) is 6.80. The number of nitrogens with zero attached hydrogens (tertiary/aromatic N) is 1. The van der Waals surface area contributed by atoms with E-state index < -0.39 is 0 Å². The smallest absolute Gasteiger partial charge is 0.224 e. The van der Waals surface area contributed by atoms with Gasteiger partial charge in [-0.2, -0.15) is 0 Å². The molecule has 21 heavy (non-hydrogen) atoms. The van der Waals surface area contributed by atoms with Gasteiger partial charge in [0.05, 0.1) is 12.5 Å². The van der Waals surface area contributed by atoms with Gasteiger partial charge in [-0.3, -0.25) is 9.78 Å². The predicted molar refractivity (Wildman–Crippen MR) is 81.8 cm³/mol. The van der Waals surface area contributed by atoms with Crippen LogP contribution in [0.25, 0.3) is 0 Å². The first-order chi connectivity index (χ1) is 10.2. The van der Waals surface area contributed by atoms with Gasteiger partial charge in [0.15, 0.2) is 0 Å². The number of pyridine rings is 1. The number of hydrogen-bond donors (Lipinski definition) is 2. The zero-order valence-corrected chi connectivity index (χ0v) is 12.5. The van der Waals surface area contributed by atoms with E-state index in [4.69, 9.17) is 10.5 Å². The topological polar surface area (TPSA) is 77.2 Å². The summed E-state index contributed by atoms with van der Waals surface area (Å²) < 4.78 is 5.81. The normalized spacial score (nSPS) is 22.0. The van der Waals surface area contributed by atoms with Gasteiger partial charge in [-0.25, -0.2) is 0 Å². The van der Waals surface area contributed by atoms with Crippen LogP contribution in [-0.4, -0.2) is 36.2 Å². The second-order valence-corrected chi connectivity index (χ2v) is 5.65. The van der Waals surface area contributed by atoms with Gasteiger partial charge in [-0.05, 0) is 43.7 Å². The molecule has 1 aromatic rings. The molecule has 1 fully saturated rings. The van der Waals surface area contributed by atoms with E-state index in [1.54, 1.807) is 12.4 Å². The van der Waals surface area contributed by atoms with Crippen LogP contribution in [0.2, 0.25) is 0 Å². The third kappa shape index (κ3) is 6.23. The van der Waals surface area contributed by atoms with Crippen LogP contribution in [0.5, 0.6) is 0 Å². The molecule has 1 aliphatic rings. The summed E-state index contributed by atoms with van der Waals surface area (Å²) >= 11 is 0. The maximum atomic E-state index is 11.7. The van der Waals surface area contributed by atoms with Crippen molar-refractivity contribution in [1.29, 1.82) is 0 Å². The Balaban J connectivity index is 1.50.